The summed E-state index contributed by atoms with van der Waals surface area (Å²) in [6.45, 7) is 0.133. The van der Waals surface area contributed by atoms with Gasteiger partial charge in [0.25, 0.3) is 0 Å². The van der Waals surface area contributed by atoms with Crippen LogP contribution in [0.25, 0.3) is 0 Å². The molecule has 1 N–H and O–H groups in total. The number of carbonyl (C=O) groups is 3. The Morgan fingerprint density at radius 1 is 1.04 bits per heavy atom. The van der Waals surface area contributed by atoms with Crippen molar-refractivity contribution in [2.75, 3.05) is 6.54 Å². The van der Waals surface area contributed by atoms with Crippen molar-refractivity contribution in [3.63, 3.8) is 0 Å². The first-order valence-electron chi connectivity index (χ1n) is 9.05. The lowest BCUT2D eigenvalue weighted by atomic mass is 9.81. The average Bonchev–Trinajstić information content (AvgIpc) is 2.89. The number of benzene rings is 1. The third-order valence-electron chi connectivity index (χ3n) is 5.27. The molecule has 1 aromatic carbocycles. The Balaban J connectivity index is 1.47. The van der Waals surface area contributed by atoms with Gasteiger partial charge in [-0.1, -0.05) is 25.0 Å². The summed E-state index contributed by atoms with van der Waals surface area (Å²) in [5.41, 5.74) is -0.208. The van der Waals surface area contributed by atoms with Crippen LogP contribution in [0.4, 0.5) is 13.2 Å². The van der Waals surface area contributed by atoms with E-state index >= 15 is 0 Å². The molecule has 0 radical (unpaired) electrons. The number of likely N-dealkylation sites (tertiary alicyclic amines) is 1. The zero-order chi connectivity index (χ0) is 19.6. The van der Waals surface area contributed by atoms with Crippen LogP contribution >= 0.6 is 0 Å². The molecule has 2 aliphatic rings. The van der Waals surface area contributed by atoms with E-state index in [0.29, 0.717) is 5.56 Å². The summed E-state index contributed by atoms with van der Waals surface area (Å²) in [7, 11) is 0. The Morgan fingerprint density at radius 2 is 1.59 bits per heavy atom. The fourth-order valence-corrected chi connectivity index (χ4v) is 3.77. The molecule has 1 saturated heterocycles. The Morgan fingerprint density at radius 3 is 2.11 bits per heavy atom. The smallest absolute Gasteiger partial charge is 0.352 e. The second-order valence-electron chi connectivity index (χ2n) is 7.05. The van der Waals surface area contributed by atoms with Gasteiger partial charge in [-0.15, -0.1) is 0 Å². The normalized spacial score (nSPS) is 22.7. The molecule has 1 heterocycles. The maximum absolute atomic E-state index is 12.5. The van der Waals surface area contributed by atoms with E-state index in [1.165, 1.54) is 17.0 Å². The van der Waals surface area contributed by atoms with Crippen LogP contribution in [0.1, 0.15) is 43.2 Å². The SMILES string of the molecule is O=C(CCN1C(=O)[C@H]2CCCC[C@H]2C1=O)NCc1ccc(C(F)(F)F)cc1. The van der Waals surface area contributed by atoms with E-state index in [4.69, 9.17) is 0 Å². The molecule has 1 aliphatic carbocycles. The van der Waals surface area contributed by atoms with Gasteiger partial charge in [-0.3, -0.25) is 19.3 Å². The molecule has 0 spiro atoms. The van der Waals surface area contributed by atoms with E-state index in [-0.39, 0.29) is 49.1 Å². The Labute approximate surface area is 154 Å². The van der Waals surface area contributed by atoms with E-state index in [0.717, 1.165) is 37.8 Å². The molecular weight excluding hydrogens is 361 g/mol. The summed E-state index contributed by atoms with van der Waals surface area (Å²) in [4.78, 5) is 37.9. The molecule has 1 aromatic rings. The predicted octanol–water partition coefficient (Wildman–Crippen LogP) is 2.89. The number of hydrogen-bond acceptors (Lipinski definition) is 3. The molecule has 1 aliphatic heterocycles. The summed E-state index contributed by atoms with van der Waals surface area (Å²) >= 11 is 0. The Bertz CT molecular complexity index is 707. The van der Waals surface area contributed by atoms with Crippen LogP contribution in [0, 0.1) is 11.8 Å². The van der Waals surface area contributed by atoms with E-state index in [1.807, 2.05) is 0 Å². The minimum Gasteiger partial charge on any atom is -0.352 e. The second kappa shape index (κ2) is 7.70. The highest BCUT2D eigenvalue weighted by Crippen LogP contribution is 2.38. The molecule has 27 heavy (non-hydrogen) atoms. The van der Waals surface area contributed by atoms with E-state index in [1.54, 1.807) is 0 Å². The monoisotopic (exact) mass is 382 g/mol. The summed E-state index contributed by atoms with van der Waals surface area (Å²) in [5, 5.41) is 2.60. The van der Waals surface area contributed by atoms with Crippen LogP contribution in [0.5, 0.6) is 0 Å². The van der Waals surface area contributed by atoms with Gasteiger partial charge in [-0.25, -0.2) is 0 Å². The number of rotatable bonds is 5. The van der Waals surface area contributed by atoms with Gasteiger partial charge in [0.2, 0.25) is 17.7 Å². The number of imide groups is 1. The fraction of sp³-hybridized carbons (Fsp3) is 0.526. The number of fused-ring (bicyclic) bond motifs is 1. The first-order valence-corrected chi connectivity index (χ1v) is 9.05. The number of halogens is 3. The number of alkyl halides is 3. The lowest BCUT2D eigenvalue weighted by Crippen LogP contribution is -2.35. The van der Waals surface area contributed by atoms with E-state index in [9.17, 15) is 27.6 Å². The number of hydrogen-bond donors (Lipinski definition) is 1. The molecule has 0 bridgehead atoms. The zero-order valence-electron chi connectivity index (χ0n) is 14.7. The number of amides is 3. The molecule has 146 valence electrons. The van der Waals surface area contributed by atoms with Crippen molar-refractivity contribution in [3.8, 4) is 0 Å². The largest absolute Gasteiger partial charge is 0.416 e. The Hall–Kier alpha value is -2.38. The highest BCUT2D eigenvalue weighted by Gasteiger charge is 2.47. The molecule has 5 nitrogen and oxygen atoms in total. The predicted molar refractivity (Wildman–Crippen MR) is 90.1 cm³/mol. The molecule has 2 atom stereocenters. The van der Waals surface area contributed by atoms with Gasteiger partial charge >= 0.3 is 6.18 Å². The van der Waals surface area contributed by atoms with Crippen LogP contribution in [0.15, 0.2) is 24.3 Å². The molecule has 3 amide bonds. The second-order valence-corrected chi connectivity index (χ2v) is 7.05. The van der Waals surface area contributed by atoms with Gasteiger partial charge < -0.3 is 5.32 Å². The molecule has 8 heteroatoms. The van der Waals surface area contributed by atoms with Crippen LogP contribution in [0.2, 0.25) is 0 Å². The summed E-state index contributed by atoms with van der Waals surface area (Å²) < 4.78 is 37.6. The van der Waals surface area contributed by atoms with Crippen molar-refractivity contribution in [1.82, 2.24) is 10.2 Å². The highest BCUT2D eigenvalue weighted by molar-refractivity contribution is 6.05. The maximum Gasteiger partial charge on any atom is 0.416 e. The van der Waals surface area contributed by atoms with Gasteiger partial charge in [0.05, 0.1) is 17.4 Å². The first-order chi connectivity index (χ1) is 12.8. The average molecular weight is 382 g/mol. The third kappa shape index (κ3) is 4.31. The summed E-state index contributed by atoms with van der Waals surface area (Å²) in [5.74, 6) is -1.19. The van der Waals surface area contributed by atoms with Crippen molar-refractivity contribution in [2.45, 2.75) is 44.8 Å². The van der Waals surface area contributed by atoms with Crippen molar-refractivity contribution >= 4 is 17.7 Å². The van der Waals surface area contributed by atoms with Crippen molar-refractivity contribution < 1.29 is 27.6 Å². The van der Waals surface area contributed by atoms with Crippen molar-refractivity contribution in [2.24, 2.45) is 11.8 Å². The number of nitrogens with zero attached hydrogens (tertiary/aromatic N) is 1. The molecule has 2 fully saturated rings. The van der Waals surface area contributed by atoms with Gasteiger partial charge in [-0.05, 0) is 30.5 Å². The van der Waals surface area contributed by atoms with Crippen LogP contribution in [-0.2, 0) is 27.1 Å². The topological polar surface area (TPSA) is 66.5 Å². The number of carbonyl (C=O) groups excluding carboxylic acids is 3. The summed E-state index contributed by atoms with van der Waals surface area (Å²) in [6, 6.07) is 4.54. The first kappa shape index (κ1) is 19.4. The zero-order valence-corrected chi connectivity index (χ0v) is 14.7. The van der Waals surface area contributed by atoms with Gasteiger partial charge in [0.1, 0.15) is 0 Å². The van der Waals surface area contributed by atoms with Crippen molar-refractivity contribution in [3.05, 3.63) is 35.4 Å². The van der Waals surface area contributed by atoms with Crippen LogP contribution < -0.4 is 5.32 Å². The highest BCUT2D eigenvalue weighted by atomic mass is 19.4. The minimum absolute atomic E-state index is 0.0163. The lowest BCUT2D eigenvalue weighted by molar-refractivity contribution is -0.140. The third-order valence-corrected chi connectivity index (χ3v) is 5.27. The molecule has 0 aromatic heterocycles. The lowest BCUT2D eigenvalue weighted by Gasteiger charge is -2.19. The van der Waals surface area contributed by atoms with Gasteiger partial charge in [0.15, 0.2) is 0 Å². The van der Waals surface area contributed by atoms with E-state index in [2.05, 4.69) is 5.32 Å². The molecular formula is C19H21F3N2O3. The van der Waals surface area contributed by atoms with E-state index < -0.39 is 11.7 Å². The standard InChI is InChI=1S/C19H21F3N2O3/c20-19(21,22)13-7-5-12(6-8-13)11-23-16(25)9-10-24-17(26)14-3-1-2-4-15(14)18(24)27/h5-8,14-15H,1-4,9-11H2,(H,23,25)/t14-,15+. The Kier molecular flexibility index (Phi) is 5.53. The van der Waals surface area contributed by atoms with Crippen LogP contribution in [-0.4, -0.2) is 29.2 Å². The van der Waals surface area contributed by atoms with Crippen molar-refractivity contribution in [1.29, 1.82) is 0 Å². The molecule has 0 unspecified atom stereocenters. The fourth-order valence-electron chi connectivity index (χ4n) is 3.77. The van der Waals surface area contributed by atoms with Gasteiger partial charge in [0, 0.05) is 19.5 Å². The molecule has 1 saturated carbocycles. The quantitative estimate of drug-likeness (QED) is 0.797. The summed E-state index contributed by atoms with van der Waals surface area (Å²) in [6.07, 6.45) is -1.06. The number of nitrogens with one attached hydrogen (secondary N) is 1. The minimum atomic E-state index is -4.40. The molecule has 3 rings (SSSR count). The maximum atomic E-state index is 12.5. The van der Waals surface area contributed by atoms with Crippen LogP contribution in [0.3, 0.4) is 0 Å². The van der Waals surface area contributed by atoms with Gasteiger partial charge in [-0.2, -0.15) is 13.2 Å².